The molecule has 4 aromatic rings. The van der Waals surface area contributed by atoms with Gasteiger partial charge in [0.2, 0.25) is 0 Å². The number of fused-ring (bicyclic) bond motifs is 3. The number of para-hydroxylation sites is 1. The number of H-pyrrole nitrogens is 2. The lowest BCUT2D eigenvalue weighted by Crippen LogP contribution is -2.08. The Morgan fingerprint density at radius 1 is 1.21 bits per heavy atom. The molecule has 0 saturated carbocycles. The number of nitrogens with zero attached hydrogens (tertiary/aromatic N) is 2. The summed E-state index contributed by atoms with van der Waals surface area (Å²) < 4.78 is 11.2. The first-order chi connectivity index (χ1) is 11.8. The highest BCUT2D eigenvalue weighted by atomic mass is 16.5. The predicted molar refractivity (Wildman–Crippen MR) is 92.1 cm³/mol. The van der Waals surface area contributed by atoms with Crippen molar-refractivity contribution in [3.05, 3.63) is 47.9 Å². The van der Waals surface area contributed by atoms with E-state index in [2.05, 4.69) is 21.3 Å². The molecule has 2 N–H and O–H groups in total. The van der Waals surface area contributed by atoms with E-state index in [1.807, 2.05) is 36.5 Å². The fourth-order valence-corrected chi connectivity index (χ4v) is 3.08. The van der Waals surface area contributed by atoms with Crippen LogP contribution in [0.2, 0.25) is 0 Å². The zero-order valence-corrected chi connectivity index (χ0v) is 13.0. The Bertz CT molecular complexity index is 1060. The van der Waals surface area contributed by atoms with Crippen LogP contribution in [0.4, 0.5) is 0 Å². The molecule has 24 heavy (non-hydrogen) atoms. The molecule has 6 nitrogen and oxygen atoms in total. The Morgan fingerprint density at radius 3 is 3.08 bits per heavy atom. The maximum absolute atomic E-state index is 5.90. The molecular weight excluding hydrogens is 304 g/mol. The summed E-state index contributed by atoms with van der Waals surface area (Å²) in [6, 6.07) is 9.88. The Kier molecular flexibility index (Phi) is 2.67. The van der Waals surface area contributed by atoms with E-state index in [9.17, 15) is 0 Å². The van der Waals surface area contributed by atoms with E-state index >= 15 is 0 Å². The molecule has 1 aliphatic rings. The van der Waals surface area contributed by atoms with Crippen LogP contribution in [0.5, 0.6) is 11.5 Å². The third kappa shape index (κ3) is 1.89. The smallest absolute Gasteiger partial charge is 0.168 e. The van der Waals surface area contributed by atoms with E-state index < -0.39 is 0 Å². The summed E-state index contributed by atoms with van der Waals surface area (Å²) >= 11 is 0. The van der Waals surface area contributed by atoms with Gasteiger partial charge in [0.25, 0.3) is 0 Å². The van der Waals surface area contributed by atoms with Gasteiger partial charge in [-0.25, -0.2) is 4.98 Å². The molecule has 1 aliphatic heterocycles. The second-order valence-corrected chi connectivity index (χ2v) is 5.74. The van der Waals surface area contributed by atoms with E-state index in [1.54, 1.807) is 7.11 Å². The van der Waals surface area contributed by atoms with Crippen molar-refractivity contribution in [2.45, 2.75) is 0 Å². The minimum atomic E-state index is 0.449. The van der Waals surface area contributed by atoms with Crippen molar-refractivity contribution in [3.8, 4) is 11.5 Å². The van der Waals surface area contributed by atoms with Crippen LogP contribution in [0.1, 0.15) is 11.4 Å². The van der Waals surface area contributed by atoms with Crippen molar-refractivity contribution in [1.29, 1.82) is 0 Å². The molecule has 0 fully saturated rings. The summed E-state index contributed by atoms with van der Waals surface area (Å²) in [6.45, 7) is 0.449. The maximum Gasteiger partial charge on any atom is 0.168 e. The van der Waals surface area contributed by atoms with Crippen LogP contribution in [0, 0.1) is 0 Å². The first kappa shape index (κ1) is 13.2. The van der Waals surface area contributed by atoms with E-state index in [0.717, 1.165) is 50.4 Å². The highest BCUT2D eigenvalue weighted by Gasteiger charge is 2.19. The molecular formula is C18H14N4O2. The molecule has 0 amide bonds. The SMILES string of the molecule is COc1cccc2c1OCC(c1nc3cc4c[nH]nc4cc3[nH]1)=C2. The van der Waals surface area contributed by atoms with Gasteiger partial charge in [-0.05, 0) is 24.3 Å². The number of ether oxygens (including phenoxy) is 2. The Hall–Kier alpha value is -3.28. The number of methoxy groups -OCH3 is 1. The fourth-order valence-electron chi connectivity index (χ4n) is 3.08. The van der Waals surface area contributed by atoms with Crippen molar-refractivity contribution < 1.29 is 9.47 Å². The van der Waals surface area contributed by atoms with Crippen molar-refractivity contribution in [1.82, 2.24) is 20.2 Å². The molecule has 5 rings (SSSR count). The Balaban J connectivity index is 1.63. The van der Waals surface area contributed by atoms with Gasteiger partial charge in [-0.2, -0.15) is 5.10 Å². The lowest BCUT2D eigenvalue weighted by Gasteiger charge is -2.18. The summed E-state index contributed by atoms with van der Waals surface area (Å²) in [5, 5.41) is 8.13. The van der Waals surface area contributed by atoms with Gasteiger partial charge in [0.1, 0.15) is 12.4 Å². The zero-order valence-electron chi connectivity index (χ0n) is 13.0. The van der Waals surface area contributed by atoms with Crippen molar-refractivity contribution in [2.75, 3.05) is 13.7 Å². The maximum atomic E-state index is 5.90. The molecule has 0 unspecified atom stereocenters. The number of benzene rings is 2. The van der Waals surface area contributed by atoms with E-state index in [1.165, 1.54) is 0 Å². The monoisotopic (exact) mass is 318 g/mol. The lowest BCUT2D eigenvalue weighted by atomic mass is 10.1. The molecule has 2 aromatic carbocycles. The van der Waals surface area contributed by atoms with Gasteiger partial charge in [-0.15, -0.1) is 0 Å². The van der Waals surface area contributed by atoms with Crippen molar-refractivity contribution in [2.24, 2.45) is 0 Å². The number of hydrogen-bond donors (Lipinski definition) is 2. The minimum absolute atomic E-state index is 0.449. The van der Waals surface area contributed by atoms with Gasteiger partial charge in [-0.3, -0.25) is 5.10 Å². The topological polar surface area (TPSA) is 75.8 Å². The molecule has 118 valence electrons. The number of aromatic nitrogens is 4. The molecule has 0 saturated heterocycles. The van der Waals surface area contributed by atoms with Crippen LogP contribution < -0.4 is 9.47 Å². The number of imidazole rings is 1. The quantitative estimate of drug-likeness (QED) is 0.594. The lowest BCUT2D eigenvalue weighted by molar-refractivity contribution is 0.327. The standard InChI is InChI=1S/C18H14N4O2/c1-23-16-4-2-3-10-5-12(9-24-17(10)16)18-20-14-6-11-8-19-22-13(11)7-15(14)21-18/h2-8H,9H2,1H3,(H,19,22)(H,20,21). The van der Waals surface area contributed by atoms with Crippen LogP contribution in [0.3, 0.4) is 0 Å². The van der Waals surface area contributed by atoms with Gasteiger partial charge in [-0.1, -0.05) is 12.1 Å². The summed E-state index contributed by atoms with van der Waals surface area (Å²) in [5.41, 5.74) is 4.79. The van der Waals surface area contributed by atoms with Gasteiger partial charge >= 0.3 is 0 Å². The van der Waals surface area contributed by atoms with Gasteiger partial charge < -0.3 is 14.5 Å². The van der Waals surface area contributed by atoms with Crippen LogP contribution in [-0.2, 0) is 0 Å². The summed E-state index contributed by atoms with van der Waals surface area (Å²) in [4.78, 5) is 8.07. The third-order valence-corrected chi connectivity index (χ3v) is 4.27. The summed E-state index contributed by atoms with van der Waals surface area (Å²) in [7, 11) is 1.65. The summed E-state index contributed by atoms with van der Waals surface area (Å²) in [6.07, 6.45) is 3.96. The molecule has 0 radical (unpaired) electrons. The first-order valence-electron chi connectivity index (χ1n) is 7.66. The van der Waals surface area contributed by atoms with Gasteiger partial charge in [0.15, 0.2) is 11.5 Å². The number of hydrogen-bond acceptors (Lipinski definition) is 4. The molecule has 6 heteroatoms. The van der Waals surface area contributed by atoms with Crippen molar-refractivity contribution >= 4 is 33.6 Å². The van der Waals surface area contributed by atoms with Gasteiger partial charge in [0.05, 0.1) is 23.7 Å². The average molecular weight is 318 g/mol. The number of nitrogens with one attached hydrogen (secondary N) is 2. The second-order valence-electron chi connectivity index (χ2n) is 5.74. The number of rotatable bonds is 2. The van der Waals surface area contributed by atoms with Crippen molar-refractivity contribution in [3.63, 3.8) is 0 Å². The van der Waals surface area contributed by atoms with Crippen LogP contribution >= 0.6 is 0 Å². The largest absolute Gasteiger partial charge is 0.493 e. The molecule has 0 aliphatic carbocycles. The zero-order chi connectivity index (χ0) is 16.1. The van der Waals surface area contributed by atoms with Crippen LogP contribution in [0.25, 0.3) is 33.6 Å². The third-order valence-electron chi connectivity index (χ3n) is 4.27. The van der Waals surface area contributed by atoms with Crippen LogP contribution in [-0.4, -0.2) is 33.9 Å². The van der Waals surface area contributed by atoms with Gasteiger partial charge in [0, 0.05) is 22.7 Å². The Morgan fingerprint density at radius 2 is 2.17 bits per heavy atom. The summed E-state index contributed by atoms with van der Waals surface area (Å²) in [5.74, 6) is 2.34. The van der Waals surface area contributed by atoms with E-state index in [-0.39, 0.29) is 0 Å². The molecule has 0 spiro atoms. The highest BCUT2D eigenvalue weighted by molar-refractivity contribution is 5.95. The minimum Gasteiger partial charge on any atom is -0.493 e. The van der Waals surface area contributed by atoms with E-state index in [0.29, 0.717) is 6.61 Å². The molecule has 3 heterocycles. The number of aromatic amines is 2. The Labute approximate surface area is 137 Å². The normalized spacial score (nSPS) is 13.6. The molecule has 0 atom stereocenters. The average Bonchev–Trinajstić information content (AvgIpc) is 3.24. The molecule has 2 aromatic heterocycles. The first-order valence-corrected chi connectivity index (χ1v) is 7.66. The predicted octanol–water partition coefficient (Wildman–Crippen LogP) is 3.38. The van der Waals surface area contributed by atoms with E-state index in [4.69, 9.17) is 14.5 Å². The highest BCUT2D eigenvalue weighted by Crippen LogP contribution is 2.37. The second kappa shape index (κ2) is 4.86. The van der Waals surface area contributed by atoms with Crippen LogP contribution in [0.15, 0.2) is 36.5 Å². The fraction of sp³-hybridized carbons (Fsp3) is 0.111. The molecule has 0 bridgehead atoms.